The summed E-state index contributed by atoms with van der Waals surface area (Å²) < 4.78 is 12.9. The summed E-state index contributed by atoms with van der Waals surface area (Å²) in [5, 5.41) is 29.5. The molecule has 54 heavy (non-hydrogen) atoms. The molecule has 0 spiro atoms. The highest BCUT2D eigenvalue weighted by Gasteiger charge is 2.41. The van der Waals surface area contributed by atoms with E-state index in [1.165, 1.54) is 22.5 Å². The van der Waals surface area contributed by atoms with Crippen molar-refractivity contribution < 1.29 is 9.47 Å². The van der Waals surface area contributed by atoms with Gasteiger partial charge in [-0.2, -0.15) is 15.8 Å². The molecule has 2 heterocycles. The maximum atomic E-state index is 10.2. The molecule has 6 nitrogen and oxygen atoms in total. The minimum absolute atomic E-state index is 0.0311. The van der Waals surface area contributed by atoms with Crippen LogP contribution in [0.1, 0.15) is 78.9 Å². The number of fused-ring (bicyclic) bond motifs is 1. The molecule has 0 fully saturated rings. The Hall–Kier alpha value is -6.03. The van der Waals surface area contributed by atoms with E-state index >= 15 is 0 Å². The Bertz CT molecular complexity index is 2220. The number of hydrogen-bond donors (Lipinski definition) is 0. The number of nitrogens with zero attached hydrogens (tertiary/aromatic N) is 4. The minimum Gasteiger partial charge on any atom is -0.480 e. The van der Waals surface area contributed by atoms with Crippen LogP contribution in [0, 0.1) is 45.3 Å². The van der Waals surface area contributed by atoms with E-state index in [2.05, 4.69) is 112 Å². The van der Waals surface area contributed by atoms with Gasteiger partial charge in [-0.1, -0.05) is 120 Å². The van der Waals surface area contributed by atoms with Crippen LogP contribution in [-0.4, -0.2) is 5.60 Å². The van der Waals surface area contributed by atoms with Crippen LogP contribution in [0.15, 0.2) is 154 Å². The van der Waals surface area contributed by atoms with E-state index in [-0.39, 0.29) is 27.7 Å². The Morgan fingerprint density at radius 1 is 0.852 bits per heavy atom. The predicted octanol–water partition coefficient (Wildman–Crippen LogP) is 11.5. The lowest BCUT2D eigenvalue weighted by Crippen LogP contribution is -2.26. The molecule has 1 aliphatic carbocycles. The number of benzene rings is 3. The first-order valence-electron chi connectivity index (χ1n) is 18.6. The van der Waals surface area contributed by atoms with Crippen LogP contribution >= 0.6 is 0 Å². The Balaban J connectivity index is 1.53. The number of para-hydroxylation sites is 2. The van der Waals surface area contributed by atoms with E-state index in [1.54, 1.807) is 0 Å². The van der Waals surface area contributed by atoms with Crippen molar-refractivity contribution >= 4 is 5.69 Å². The zero-order valence-electron chi connectivity index (χ0n) is 32.4. The SMILES string of the molecule is CC(C)(C)CC1CC(/C=C/C2=C(C#N)C(=C(C#N)C#N)OC2(C)C)=C(Oc2ccccc2)C(=C/C=C2/N(Cc3ccccc3)c3ccccc3C2(C)C)/C1. The average Bonchev–Trinajstić information content (AvgIpc) is 3.52. The summed E-state index contributed by atoms with van der Waals surface area (Å²) in [5.41, 5.74) is 6.63. The molecule has 6 rings (SSSR count). The largest absolute Gasteiger partial charge is 0.480 e. The molecule has 2 aliphatic heterocycles. The van der Waals surface area contributed by atoms with E-state index in [0.29, 0.717) is 11.5 Å². The van der Waals surface area contributed by atoms with Gasteiger partial charge in [-0.3, -0.25) is 0 Å². The summed E-state index contributed by atoms with van der Waals surface area (Å²) in [4.78, 5) is 2.44. The summed E-state index contributed by atoms with van der Waals surface area (Å²) >= 11 is 0. The van der Waals surface area contributed by atoms with Crippen molar-refractivity contribution in [2.45, 2.75) is 85.3 Å². The molecule has 0 radical (unpaired) electrons. The van der Waals surface area contributed by atoms with E-state index in [9.17, 15) is 15.8 Å². The second-order valence-electron chi connectivity index (χ2n) is 16.5. The van der Waals surface area contributed by atoms with Crippen LogP contribution in [0.5, 0.6) is 5.75 Å². The third-order valence-electron chi connectivity index (χ3n) is 10.4. The molecule has 0 bridgehead atoms. The summed E-state index contributed by atoms with van der Waals surface area (Å²) in [6, 6.07) is 35.2. The highest BCUT2D eigenvalue weighted by molar-refractivity contribution is 5.71. The second-order valence-corrected chi connectivity index (χ2v) is 16.5. The molecular weight excluding hydrogens is 665 g/mol. The van der Waals surface area contributed by atoms with E-state index in [4.69, 9.17) is 9.47 Å². The zero-order chi connectivity index (χ0) is 38.7. The quantitative estimate of drug-likeness (QED) is 0.216. The summed E-state index contributed by atoms with van der Waals surface area (Å²) in [6.45, 7) is 15.9. The lowest BCUT2D eigenvalue weighted by atomic mass is 9.75. The van der Waals surface area contributed by atoms with Gasteiger partial charge in [0.15, 0.2) is 11.3 Å². The first-order chi connectivity index (χ1) is 25.8. The van der Waals surface area contributed by atoms with Crippen molar-refractivity contribution in [2.75, 3.05) is 4.90 Å². The second kappa shape index (κ2) is 15.1. The third kappa shape index (κ3) is 7.83. The molecule has 6 heteroatoms. The molecule has 3 aromatic carbocycles. The zero-order valence-corrected chi connectivity index (χ0v) is 32.4. The third-order valence-corrected chi connectivity index (χ3v) is 10.4. The van der Waals surface area contributed by atoms with Crippen LogP contribution < -0.4 is 9.64 Å². The molecule has 0 saturated carbocycles. The predicted molar refractivity (Wildman–Crippen MR) is 214 cm³/mol. The van der Waals surface area contributed by atoms with Gasteiger partial charge in [-0.05, 0) is 91.0 Å². The fourth-order valence-electron chi connectivity index (χ4n) is 8.04. The minimum atomic E-state index is -0.926. The Labute approximate surface area is 321 Å². The van der Waals surface area contributed by atoms with Gasteiger partial charge >= 0.3 is 0 Å². The van der Waals surface area contributed by atoms with Crippen molar-refractivity contribution in [1.82, 2.24) is 0 Å². The Morgan fingerprint density at radius 3 is 2.15 bits per heavy atom. The van der Waals surface area contributed by atoms with Crippen LogP contribution in [0.3, 0.4) is 0 Å². The Kier molecular flexibility index (Phi) is 10.6. The monoisotopic (exact) mass is 712 g/mol. The van der Waals surface area contributed by atoms with Gasteiger partial charge in [0.25, 0.3) is 0 Å². The first-order valence-corrected chi connectivity index (χ1v) is 18.6. The average molecular weight is 713 g/mol. The fourth-order valence-corrected chi connectivity index (χ4v) is 8.04. The maximum Gasteiger partial charge on any atom is 0.172 e. The van der Waals surface area contributed by atoms with Crippen LogP contribution in [0.25, 0.3) is 0 Å². The van der Waals surface area contributed by atoms with Crippen molar-refractivity contribution in [2.24, 2.45) is 11.3 Å². The lowest BCUT2D eigenvalue weighted by molar-refractivity contribution is 0.0954. The number of nitriles is 3. The molecule has 0 saturated heterocycles. The summed E-state index contributed by atoms with van der Waals surface area (Å²) in [6.07, 6.45) is 11.1. The fraction of sp³-hybridized carbons (Fsp3) is 0.312. The lowest BCUT2D eigenvalue weighted by Gasteiger charge is -2.33. The van der Waals surface area contributed by atoms with Crippen LogP contribution in [0.4, 0.5) is 5.69 Å². The van der Waals surface area contributed by atoms with Crippen LogP contribution in [-0.2, 0) is 16.7 Å². The number of ether oxygens (including phenoxy) is 2. The van der Waals surface area contributed by atoms with Gasteiger partial charge in [0.2, 0.25) is 0 Å². The molecule has 3 aliphatic rings. The van der Waals surface area contributed by atoms with Gasteiger partial charge in [-0.15, -0.1) is 0 Å². The summed E-state index contributed by atoms with van der Waals surface area (Å²) in [5.74, 6) is 1.90. The smallest absolute Gasteiger partial charge is 0.172 e. The Morgan fingerprint density at radius 2 is 1.50 bits per heavy atom. The van der Waals surface area contributed by atoms with Gasteiger partial charge in [0, 0.05) is 28.9 Å². The van der Waals surface area contributed by atoms with Crippen molar-refractivity contribution in [3.8, 4) is 24.0 Å². The number of allylic oxidation sites excluding steroid dienone is 8. The van der Waals surface area contributed by atoms with Crippen molar-refractivity contribution in [1.29, 1.82) is 15.8 Å². The first kappa shape index (κ1) is 37.7. The molecule has 0 aromatic heterocycles. The molecule has 3 aromatic rings. The summed E-state index contributed by atoms with van der Waals surface area (Å²) in [7, 11) is 0. The van der Waals surface area contributed by atoms with Crippen LogP contribution in [0.2, 0.25) is 0 Å². The molecule has 1 unspecified atom stereocenters. The van der Waals surface area contributed by atoms with E-state index in [1.807, 2.05) is 68.5 Å². The topological polar surface area (TPSA) is 93.1 Å². The molecule has 0 amide bonds. The van der Waals surface area contributed by atoms with Gasteiger partial charge in [0.05, 0.1) is 0 Å². The highest BCUT2D eigenvalue weighted by atomic mass is 16.5. The molecular formula is C48H48N4O2. The standard InChI is InChI=1S/C48H48N4O2/c1-46(2,3)28-34-26-35(22-24-40-39(31-51)45(37(29-49)30-50)54-48(40,6)7)44(53-38-18-12-9-13-19-38)36(27-34)23-25-43-47(4,5)41-20-14-15-21-42(41)52(43)32-33-16-10-8-11-17-33/h8-25,34H,26-28,32H2,1-7H3/b24-22+,36-23+,43-25+. The maximum absolute atomic E-state index is 10.2. The van der Waals surface area contributed by atoms with Crippen molar-refractivity contribution in [3.63, 3.8) is 0 Å². The van der Waals surface area contributed by atoms with Gasteiger partial charge in [-0.25, -0.2) is 0 Å². The molecule has 272 valence electrons. The highest BCUT2D eigenvalue weighted by Crippen LogP contribution is 2.49. The molecule has 1 atom stereocenters. The van der Waals surface area contributed by atoms with Crippen molar-refractivity contribution in [3.05, 3.63) is 165 Å². The van der Waals surface area contributed by atoms with E-state index < -0.39 is 5.60 Å². The number of hydrogen-bond acceptors (Lipinski definition) is 6. The molecule has 0 N–H and O–H groups in total. The van der Waals surface area contributed by atoms with Gasteiger partial charge < -0.3 is 14.4 Å². The number of rotatable bonds is 8. The number of anilines is 1. The normalized spacial score (nSPS) is 20.5. The van der Waals surface area contributed by atoms with E-state index in [0.717, 1.165) is 48.5 Å². The van der Waals surface area contributed by atoms with Gasteiger partial charge in [0.1, 0.15) is 40.9 Å².